The third-order valence-corrected chi connectivity index (χ3v) is 6.40. The molecule has 5 heteroatoms. The van der Waals surface area contributed by atoms with Gasteiger partial charge in [0.05, 0.1) is 5.69 Å². The van der Waals surface area contributed by atoms with Gasteiger partial charge in [0.2, 0.25) is 5.91 Å². The van der Waals surface area contributed by atoms with Crippen LogP contribution in [0.4, 0.5) is 0 Å². The fourth-order valence-electron chi connectivity index (χ4n) is 5.03. The van der Waals surface area contributed by atoms with Crippen LogP contribution in [0.2, 0.25) is 0 Å². The molecule has 1 aromatic carbocycles. The summed E-state index contributed by atoms with van der Waals surface area (Å²) >= 11 is 0. The molecule has 3 heterocycles. The number of rotatable bonds is 4. The lowest BCUT2D eigenvalue weighted by Gasteiger charge is -2.49. The molecular weight excluding hydrogens is 348 g/mol. The van der Waals surface area contributed by atoms with E-state index in [1.165, 1.54) is 24.0 Å². The summed E-state index contributed by atoms with van der Waals surface area (Å²) in [5.74, 6) is 0.330. The number of nitrogens with zero attached hydrogens (tertiary/aromatic N) is 4. The molecular formula is C23H32N4O. The Morgan fingerprint density at radius 2 is 1.93 bits per heavy atom. The zero-order valence-corrected chi connectivity index (χ0v) is 17.4. The smallest absolute Gasteiger partial charge is 0.222 e. The van der Waals surface area contributed by atoms with Crippen molar-refractivity contribution in [2.45, 2.75) is 52.1 Å². The largest absolute Gasteiger partial charge is 0.340 e. The molecule has 1 amide bonds. The fraction of sp³-hybridized carbons (Fsp3) is 0.565. The van der Waals surface area contributed by atoms with E-state index in [0.29, 0.717) is 18.4 Å². The zero-order chi connectivity index (χ0) is 19.7. The van der Waals surface area contributed by atoms with Crippen molar-refractivity contribution in [1.82, 2.24) is 19.6 Å². The van der Waals surface area contributed by atoms with Crippen LogP contribution >= 0.6 is 0 Å². The van der Waals surface area contributed by atoms with Crippen molar-refractivity contribution in [3.8, 4) is 11.3 Å². The van der Waals surface area contributed by atoms with E-state index in [2.05, 4.69) is 54.1 Å². The van der Waals surface area contributed by atoms with Gasteiger partial charge in [-0.15, -0.1) is 0 Å². The third-order valence-electron chi connectivity index (χ3n) is 6.40. The average Bonchev–Trinajstić information content (AvgIpc) is 3.05. The number of hydrogen-bond donors (Lipinski definition) is 0. The van der Waals surface area contributed by atoms with Crippen molar-refractivity contribution in [1.29, 1.82) is 0 Å². The third kappa shape index (κ3) is 3.86. The monoisotopic (exact) mass is 380 g/mol. The van der Waals surface area contributed by atoms with Crippen molar-refractivity contribution in [3.63, 3.8) is 0 Å². The van der Waals surface area contributed by atoms with Crippen LogP contribution in [0, 0.1) is 5.41 Å². The zero-order valence-electron chi connectivity index (χ0n) is 17.4. The number of benzene rings is 1. The van der Waals surface area contributed by atoms with Gasteiger partial charge < -0.3 is 4.90 Å². The number of aromatic nitrogens is 2. The van der Waals surface area contributed by atoms with Crippen LogP contribution in [-0.4, -0.2) is 51.2 Å². The van der Waals surface area contributed by atoms with Crippen LogP contribution in [0.1, 0.15) is 45.1 Å². The van der Waals surface area contributed by atoms with Gasteiger partial charge in [0.1, 0.15) is 0 Å². The number of carbonyl (C=O) groups excluding carboxylic acids is 1. The Kier molecular flexibility index (Phi) is 5.28. The molecule has 1 aromatic heterocycles. The van der Waals surface area contributed by atoms with Crippen molar-refractivity contribution in [3.05, 3.63) is 42.1 Å². The van der Waals surface area contributed by atoms with Crippen molar-refractivity contribution >= 4 is 5.91 Å². The molecule has 0 unspecified atom stereocenters. The van der Waals surface area contributed by atoms with Gasteiger partial charge in [-0.25, -0.2) is 0 Å². The molecule has 0 saturated carbocycles. The summed E-state index contributed by atoms with van der Waals surface area (Å²) in [6.45, 7) is 8.32. The van der Waals surface area contributed by atoms with Crippen LogP contribution in [0.15, 0.2) is 36.5 Å². The van der Waals surface area contributed by atoms with E-state index in [1.54, 1.807) is 0 Å². The Balaban J connectivity index is 1.52. The van der Waals surface area contributed by atoms with E-state index in [-0.39, 0.29) is 5.41 Å². The lowest BCUT2D eigenvalue weighted by molar-refractivity contribution is -0.141. The minimum absolute atomic E-state index is 0.256. The molecule has 2 saturated heterocycles. The highest BCUT2D eigenvalue weighted by Crippen LogP contribution is 2.40. The summed E-state index contributed by atoms with van der Waals surface area (Å²) in [4.78, 5) is 17.0. The first-order valence-electron chi connectivity index (χ1n) is 10.6. The Hall–Kier alpha value is -2.14. The predicted octanol–water partition coefficient (Wildman–Crippen LogP) is 3.70. The first-order chi connectivity index (χ1) is 13.5. The van der Waals surface area contributed by atoms with Gasteiger partial charge in [0.25, 0.3) is 0 Å². The summed E-state index contributed by atoms with van der Waals surface area (Å²) in [5.41, 5.74) is 3.81. The van der Waals surface area contributed by atoms with Gasteiger partial charge in [0.15, 0.2) is 0 Å². The molecule has 2 aliphatic heterocycles. The number of piperidine rings is 2. The second-order valence-electron chi connectivity index (χ2n) is 8.97. The Morgan fingerprint density at radius 3 is 2.68 bits per heavy atom. The number of amides is 1. The van der Waals surface area contributed by atoms with Gasteiger partial charge >= 0.3 is 0 Å². The van der Waals surface area contributed by atoms with Gasteiger partial charge in [-0.3, -0.25) is 14.4 Å². The van der Waals surface area contributed by atoms with Crippen LogP contribution < -0.4 is 0 Å². The van der Waals surface area contributed by atoms with Gasteiger partial charge in [-0.1, -0.05) is 30.3 Å². The van der Waals surface area contributed by atoms with Crippen LogP contribution in [0.25, 0.3) is 11.3 Å². The van der Waals surface area contributed by atoms with E-state index in [0.717, 1.165) is 38.3 Å². The summed E-state index contributed by atoms with van der Waals surface area (Å²) in [5, 5.41) is 4.73. The Morgan fingerprint density at radius 1 is 1.14 bits per heavy atom. The van der Waals surface area contributed by atoms with Crippen molar-refractivity contribution in [2.75, 3.05) is 19.6 Å². The Bertz CT molecular complexity index is 828. The molecule has 150 valence electrons. The lowest BCUT2D eigenvalue weighted by atomic mass is 9.73. The van der Waals surface area contributed by atoms with Gasteiger partial charge in [-0.05, 0) is 39.7 Å². The maximum Gasteiger partial charge on any atom is 0.222 e. The van der Waals surface area contributed by atoms with Crippen LogP contribution in [-0.2, 0) is 18.4 Å². The van der Waals surface area contributed by atoms with E-state index in [4.69, 9.17) is 5.10 Å². The van der Waals surface area contributed by atoms with E-state index in [1.807, 2.05) is 17.8 Å². The molecule has 2 fully saturated rings. The summed E-state index contributed by atoms with van der Waals surface area (Å²) < 4.78 is 1.93. The molecule has 0 bridgehead atoms. The molecule has 2 aliphatic rings. The predicted molar refractivity (Wildman–Crippen MR) is 112 cm³/mol. The second-order valence-corrected chi connectivity index (χ2v) is 8.97. The molecule has 0 N–H and O–H groups in total. The molecule has 0 radical (unpaired) electrons. The highest BCUT2D eigenvalue weighted by Gasteiger charge is 2.42. The first kappa shape index (κ1) is 19.2. The van der Waals surface area contributed by atoms with Gasteiger partial charge in [0, 0.05) is 61.9 Å². The summed E-state index contributed by atoms with van der Waals surface area (Å²) in [6, 6.07) is 10.8. The van der Waals surface area contributed by atoms with Crippen LogP contribution in [0.3, 0.4) is 0 Å². The molecule has 0 aliphatic carbocycles. The number of carbonyl (C=O) groups is 1. The molecule has 28 heavy (non-hydrogen) atoms. The summed E-state index contributed by atoms with van der Waals surface area (Å²) in [7, 11) is 2.00. The van der Waals surface area contributed by atoms with E-state index < -0.39 is 0 Å². The van der Waals surface area contributed by atoms with Crippen molar-refractivity contribution in [2.24, 2.45) is 12.5 Å². The maximum absolute atomic E-state index is 12.3. The first-order valence-corrected chi connectivity index (χ1v) is 10.6. The molecule has 2 aromatic rings. The second kappa shape index (κ2) is 7.70. The minimum Gasteiger partial charge on any atom is -0.340 e. The van der Waals surface area contributed by atoms with Crippen LogP contribution in [0.5, 0.6) is 0 Å². The van der Waals surface area contributed by atoms with E-state index in [9.17, 15) is 4.79 Å². The van der Waals surface area contributed by atoms with E-state index >= 15 is 0 Å². The SMILES string of the molecule is CC(C)N1C[C@@]2(CCCN(Cc3cn(C)nc3-c3ccccc3)C2)CCC1=O. The van der Waals surface area contributed by atoms with Gasteiger partial charge in [-0.2, -0.15) is 5.10 Å². The Labute approximate surface area is 168 Å². The lowest BCUT2D eigenvalue weighted by Crippen LogP contribution is -2.55. The molecule has 4 rings (SSSR count). The number of likely N-dealkylation sites (tertiary alicyclic amines) is 2. The highest BCUT2D eigenvalue weighted by atomic mass is 16.2. The number of aryl methyl sites for hydroxylation is 1. The quantitative estimate of drug-likeness (QED) is 0.812. The standard InChI is InChI=1S/C23H32N4O/c1-18(2)27-17-23(12-10-21(27)28)11-7-13-26(16-23)15-20-14-25(3)24-22(20)19-8-5-4-6-9-19/h4-6,8-9,14,18H,7,10-13,15-17H2,1-3H3/t23-/m0/s1. The van der Waals surface area contributed by atoms with Crippen molar-refractivity contribution < 1.29 is 4.79 Å². The molecule has 1 atom stereocenters. The normalized spacial score (nSPS) is 23.7. The number of hydrogen-bond acceptors (Lipinski definition) is 3. The fourth-order valence-corrected chi connectivity index (χ4v) is 5.03. The maximum atomic E-state index is 12.3. The highest BCUT2D eigenvalue weighted by molar-refractivity contribution is 5.77. The summed E-state index contributed by atoms with van der Waals surface area (Å²) in [6.07, 6.45) is 6.34. The molecule has 5 nitrogen and oxygen atoms in total. The average molecular weight is 381 g/mol. The minimum atomic E-state index is 0.256. The molecule has 1 spiro atoms. The topological polar surface area (TPSA) is 41.4 Å².